The number of hydrogen-bond donors (Lipinski definition) is 3. The Hall–Kier alpha value is -1.88. The van der Waals surface area contributed by atoms with Crippen LogP contribution in [0, 0.1) is 6.92 Å². The summed E-state index contributed by atoms with van der Waals surface area (Å²) in [5, 5.41) is 11.3. The van der Waals surface area contributed by atoms with Crippen LogP contribution in [0.5, 0.6) is 0 Å². The van der Waals surface area contributed by atoms with Crippen LogP contribution in [0.25, 0.3) is 11.0 Å². The predicted molar refractivity (Wildman–Crippen MR) is 61.2 cm³/mol. The maximum atomic E-state index is 11.3. The van der Waals surface area contributed by atoms with Gasteiger partial charge >= 0.3 is 0 Å². The van der Waals surface area contributed by atoms with Gasteiger partial charge in [0.15, 0.2) is 0 Å². The average molecular weight is 219 g/mol. The van der Waals surface area contributed by atoms with E-state index in [0.29, 0.717) is 5.69 Å². The molecule has 16 heavy (non-hydrogen) atoms. The van der Waals surface area contributed by atoms with Crippen molar-refractivity contribution in [1.29, 1.82) is 0 Å². The smallest absolute Gasteiger partial charge is 0.226 e. The van der Waals surface area contributed by atoms with Crippen molar-refractivity contribution in [2.75, 3.05) is 11.9 Å². The number of nitrogens with one attached hydrogen (secondary N) is 2. The number of benzene rings is 1. The second kappa shape index (κ2) is 4.32. The molecule has 0 atom stereocenters. The molecule has 0 saturated carbocycles. The number of nitrogens with zero attached hydrogens (tertiary/aromatic N) is 1. The van der Waals surface area contributed by atoms with Gasteiger partial charge in [-0.3, -0.25) is 4.79 Å². The number of imidazole rings is 1. The van der Waals surface area contributed by atoms with Gasteiger partial charge in [-0.05, 0) is 25.1 Å². The second-order valence-electron chi connectivity index (χ2n) is 3.58. The minimum Gasteiger partial charge on any atom is -0.396 e. The van der Waals surface area contributed by atoms with Gasteiger partial charge in [0.25, 0.3) is 0 Å². The van der Waals surface area contributed by atoms with E-state index in [1.54, 1.807) is 6.07 Å². The van der Waals surface area contributed by atoms with E-state index in [0.717, 1.165) is 16.9 Å². The Bertz CT molecular complexity index is 519. The first-order valence-electron chi connectivity index (χ1n) is 5.06. The van der Waals surface area contributed by atoms with Crippen molar-refractivity contribution in [2.45, 2.75) is 13.3 Å². The molecule has 3 N–H and O–H groups in total. The Kier molecular flexibility index (Phi) is 2.87. The zero-order valence-electron chi connectivity index (χ0n) is 8.95. The van der Waals surface area contributed by atoms with Crippen molar-refractivity contribution in [3.05, 3.63) is 24.0 Å². The molecule has 1 amide bonds. The van der Waals surface area contributed by atoms with Crippen LogP contribution < -0.4 is 5.32 Å². The minimum atomic E-state index is -0.196. The average Bonchev–Trinajstić information content (AvgIpc) is 2.57. The zero-order chi connectivity index (χ0) is 11.5. The lowest BCUT2D eigenvalue weighted by Gasteiger charge is -2.03. The summed E-state index contributed by atoms with van der Waals surface area (Å²) in [6.07, 6.45) is 0.111. The summed E-state index contributed by atoms with van der Waals surface area (Å²) in [7, 11) is 0. The fraction of sp³-hybridized carbons (Fsp3) is 0.273. The number of carbonyl (C=O) groups excluding carboxylic acids is 1. The van der Waals surface area contributed by atoms with Gasteiger partial charge in [0.05, 0.1) is 24.1 Å². The molecule has 0 bridgehead atoms. The molecule has 1 aromatic heterocycles. The molecule has 0 radical (unpaired) electrons. The fourth-order valence-corrected chi connectivity index (χ4v) is 1.54. The molecule has 5 heteroatoms. The van der Waals surface area contributed by atoms with Gasteiger partial charge in [-0.15, -0.1) is 0 Å². The largest absolute Gasteiger partial charge is 0.396 e. The molecule has 84 valence electrons. The first-order valence-corrected chi connectivity index (χ1v) is 5.06. The van der Waals surface area contributed by atoms with Gasteiger partial charge in [-0.1, -0.05) is 0 Å². The minimum absolute atomic E-state index is 0.111. The van der Waals surface area contributed by atoms with E-state index < -0.39 is 0 Å². The second-order valence-corrected chi connectivity index (χ2v) is 3.58. The lowest BCUT2D eigenvalue weighted by molar-refractivity contribution is -0.116. The van der Waals surface area contributed by atoms with E-state index in [1.165, 1.54) is 0 Å². The summed E-state index contributed by atoms with van der Waals surface area (Å²) < 4.78 is 0. The molecular weight excluding hydrogens is 206 g/mol. The van der Waals surface area contributed by atoms with Gasteiger partial charge in [0, 0.05) is 5.69 Å². The molecule has 0 aliphatic rings. The van der Waals surface area contributed by atoms with Crippen LogP contribution in [0.15, 0.2) is 18.2 Å². The van der Waals surface area contributed by atoms with E-state index in [2.05, 4.69) is 15.3 Å². The molecule has 0 unspecified atom stereocenters. The van der Waals surface area contributed by atoms with Crippen LogP contribution >= 0.6 is 0 Å². The Morgan fingerprint density at radius 2 is 2.38 bits per heavy atom. The summed E-state index contributed by atoms with van der Waals surface area (Å²) >= 11 is 0. The standard InChI is InChI=1S/C11H13N3O2/c1-7-12-9-3-2-8(6-10(9)13-7)14-11(16)4-5-15/h2-3,6,15H,4-5H2,1H3,(H,12,13)(H,14,16). The van der Waals surface area contributed by atoms with Crippen molar-refractivity contribution in [1.82, 2.24) is 9.97 Å². The highest BCUT2D eigenvalue weighted by atomic mass is 16.3. The number of H-pyrrole nitrogens is 1. The molecular formula is C11H13N3O2. The molecule has 2 rings (SSSR count). The highest BCUT2D eigenvalue weighted by Crippen LogP contribution is 2.17. The zero-order valence-corrected chi connectivity index (χ0v) is 8.95. The third kappa shape index (κ3) is 2.20. The number of aromatic nitrogens is 2. The third-order valence-electron chi connectivity index (χ3n) is 2.22. The maximum Gasteiger partial charge on any atom is 0.226 e. The summed E-state index contributed by atoms with van der Waals surface area (Å²) in [4.78, 5) is 18.6. The number of aliphatic hydroxyl groups excluding tert-OH is 1. The molecule has 0 aliphatic heterocycles. The molecule has 1 heterocycles. The monoisotopic (exact) mass is 219 g/mol. The summed E-state index contributed by atoms with van der Waals surface area (Å²) in [6, 6.07) is 5.45. The van der Waals surface area contributed by atoms with Crippen LogP contribution in [0.4, 0.5) is 5.69 Å². The molecule has 0 aliphatic carbocycles. The van der Waals surface area contributed by atoms with Gasteiger partial charge in [0.1, 0.15) is 5.82 Å². The number of aromatic amines is 1. The van der Waals surface area contributed by atoms with Gasteiger partial charge in [0.2, 0.25) is 5.91 Å². The summed E-state index contributed by atoms with van der Waals surface area (Å²) in [6.45, 7) is 1.74. The van der Waals surface area contributed by atoms with Crippen molar-refractivity contribution in [2.24, 2.45) is 0 Å². The SMILES string of the molecule is Cc1nc2ccc(NC(=O)CCO)cc2[nH]1. The first-order chi connectivity index (χ1) is 7.69. The topological polar surface area (TPSA) is 78.0 Å². The van der Waals surface area contributed by atoms with Crippen molar-refractivity contribution >= 4 is 22.6 Å². The number of anilines is 1. The van der Waals surface area contributed by atoms with Crippen LogP contribution in [-0.4, -0.2) is 27.6 Å². The number of hydrogen-bond acceptors (Lipinski definition) is 3. The fourth-order valence-electron chi connectivity index (χ4n) is 1.54. The van der Waals surface area contributed by atoms with Crippen molar-refractivity contribution in [3.8, 4) is 0 Å². The highest BCUT2D eigenvalue weighted by Gasteiger charge is 2.04. The highest BCUT2D eigenvalue weighted by molar-refractivity contribution is 5.93. The lowest BCUT2D eigenvalue weighted by Crippen LogP contribution is -2.12. The molecule has 1 aromatic carbocycles. The normalized spacial score (nSPS) is 10.6. The summed E-state index contributed by atoms with van der Waals surface area (Å²) in [5.74, 6) is 0.645. The van der Waals surface area contributed by atoms with Crippen LogP contribution in [0.1, 0.15) is 12.2 Å². The van der Waals surface area contributed by atoms with Crippen LogP contribution in [0.3, 0.4) is 0 Å². The molecule has 5 nitrogen and oxygen atoms in total. The van der Waals surface area contributed by atoms with Crippen LogP contribution in [-0.2, 0) is 4.79 Å². The number of amides is 1. The Balaban J connectivity index is 2.22. The molecule has 2 aromatic rings. The number of rotatable bonds is 3. The van der Waals surface area contributed by atoms with Gasteiger partial charge in [-0.25, -0.2) is 4.98 Å². The van der Waals surface area contributed by atoms with E-state index in [-0.39, 0.29) is 18.9 Å². The number of fused-ring (bicyclic) bond motifs is 1. The summed E-state index contributed by atoms with van der Waals surface area (Å²) in [5.41, 5.74) is 2.46. The van der Waals surface area contributed by atoms with Crippen molar-refractivity contribution < 1.29 is 9.90 Å². The van der Waals surface area contributed by atoms with E-state index >= 15 is 0 Å². The first kappa shape index (κ1) is 10.6. The van der Waals surface area contributed by atoms with E-state index in [1.807, 2.05) is 19.1 Å². The third-order valence-corrected chi connectivity index (χ3v) is 2.22. The van der Waals surface area contributed by atoms with Crippen LogP contribution in [0.2, 0.25) is 0 Å². The Morgan fingerprint density at radius 3 is 3.12 bits per heavy atom. The maximum absolute atomic E-state index is 11.3. The number of aliphatic hydroxyl groups is 1. The molecule has 0 spiro atoms. The molecule has 0 saturated heterocycles. The van der Waals surface area contributed by atoms with E-state index in [4.69, 9.17) is 5.11 Å². The Morgan fingerprint density at radius 1 is 1.56 bits per heavy atom. The van der Waals surface area contributed by atoms with E-state index in [9.17, 15) is 4.79 Å². The van der Waals surface area contributed by atoms with Crippen molar-refractivity contribution in [3.63, 3.8) is 0 Å². The van der Waals surface area contributed by atoms with Gasteiger partial charge < -0.3 is 15.4 Å². The quantitative estimate of drug-likeness (QED) is 0.725. The lowest BCUT2D eigenvalue weighted by atomic mass is 10.2. The number of carbonyl (C=O) groups is 1. The Labute approximate surface area is 92.5 Å². The molecule has 0 fully saturated rings. The van der Waals surface area contributed by atoms with Gasteiger partial charge in [-0.2, -0.15) is 0 Å². The number of aryl methyl sites for hydroxylation is 1. The predicted octanol–water partition coefficient (Wildman–Crippen LogP) is 1.19.